The molecule has 0 atom stereocenters. The average molecular weight is 1330 g/mol. The molecule has 0 N–H and O–H groups in total. The summed E-state index contributed by atoms with van der Waals surface area (Å²) in [5.41, 5.74) is 0. The van der Waals surface area contributed by atoms with E-state index in [2.05, 4.69) is 0 Å². The SMILES string of the molecule is Br.Br.Br.Br.Cl.Cl.Cl.I.I.I.[Ba+2].[Ba+2].[Be+2].[Be+2].[Be+2].[Ca+2].[Ca+2].[Ca+2].[H-].[H-].[H-].[H-].[H-].[H-].[H-].[H-].[H-].[H-].[H-].[H-].[H-].[H-].[H-].[H-].[H-].[H-].[H-].[H-].[H-].[H-].[Mg+2].[Mg+2].[Mg+2]. The van der Waals surface area contributed by atoms with E-state index in [0.29, 0.717) is 0 Å². The third-order valence-corrected chi connectivity index (χ3v) is 0. The van der Waals surface area contributed by atoms with Crippen molar-refractivity contribution < 1.29 is 31.4 Å². The van der Waals surface area contributed by atoms with Crippen molar-refractivity contribution in [1.82, 2.24) is 0 Å². The van der Waals surface area contributed by atoms with Gasteiger partial charge in [-0.2, -0.15) is 0 Å². The average Bonchev–Trinajstić information content (AvgIpc) is 0. The summed E-state index contributed by atoms with van der Waals surface area (Å²) in [6.45, 7) is 0. The van der Waals surface area contributed by atoms with Gasteiger partial charge in [-0.25, -0.2) is 0 Å². The van der Waals surface area contributed by atoms with Gasteiger partial charge in [0.15, 0.2) is 0 Å². The summed E-state index contributed by atoms with van der Waals surface area (Å²) in [6.07, 6.45) is 0. The molecule has 21 heavy (non-hydrogen) atoms. The van der Waals surface area contributed by atoms with Crippen molar-refractivity contribution in [2.75, 3.05) is 0 Å². The molecule has 0 nitrogen and oxygen atoms in total. The largest absolute Gasteiger partial charge is 2.00 e. The zero-order valence-corrected chi connectivity index (χ0v) is 47.9. The van der Waals surface area contributed by atoms with Gasteiger partial charge in [-0.3, -0.25) is 0 Å². The Bertz CT molecular complexity index is 101. The molecule has 124 valence electrons. The molecule has 0 spiro atoms. The predicted molar refractivity (Wildman–Crippen MR) is 197 cm³/mol. The summed E-state index contributed by atoms with van der Waals surface area (Å²) in [5.74, 6) is 0. The predicted octanol–water partition coefficient (Wildman–Crippen LogP) is 3.72. The van der Waals surface area contributed by atoms with Crippen LogP contribution in [0.15, 0.2) is 0 Å². The molecule has 0 aromatic carbocycles. The van der Waals surface area contributed by atoms with Gasteiger partial charge < -0.3 is 31.4 Å². The van der Waals surface area contributed by atoms with E-state index < -0.39 is 0 Å². The number of hydrogen-bond acceptors (Lipinski definition) is 0. The molecule has 0 bridgehead atoms. The maximum absolute atomic E-state index is 0. The van der Waals surface area contributed by atoms with E-state index in [0.717, 1.165) is 0 Å². The molecule has 0 fully saturated rings. The molecule has 0 aliphatic heterocycles. The normalized spacial score (nSPS) is 0. The Morgan fingerprint density at radius 1 is 0.381 bits per heavy atom. The Labute approximate surface area is 504 Å². The van der Waals surface area contributed by atoms with Crippen molar-refractivity contribution in [2.45, 2.75) is 0 Å². The third-order valence-electron chi connectivity index (χ3n) is 0. The van der Waals surface area contributed by atoms with Crippen LogP contribution >= 0.6 is 177 Å². The second kappa shape index (κ2) is 182. The quantitative estimate of drug-likeness (QED) is 0.257. The zero-order valence-electron chi connectivity index (χ0n) is 33.9. The van der Waals surface area contributed by atoms with Crippen molar-refractivity contribution >= 4 is 488 Å². The molecule has 0 unspecified atom stereocenters. The molecule has 0 amide bonds. The Balaban J connectivity index is 0. The topological polar surface area (TPSA) is 0 Å². The van der Waals surface area contributed by atoms with Crippen LogP contribution < -0.4 is 0 Å². The van der Waals surface area contributed by atoms with Gasteiger partial charge >= 0.3 is 310 Å². The summed E-state index contributed by atoms with van der Waals surface area (Å²) < 4.78 is 0. The summed E-state index contributed by atoms with van der Waals surface area (Å²) in [5, 5.41) is 0. The van der Waals surface area contributed by atoms with Gasteiger partial charge in [0, 0.05) is 0 Å². The monoisotopic (exact) mass is 1330 g/mol. The number of hydrogen-bond donors (Lipinski definition) is 0. The van der Waals surface area contributed by atoms with E-state index in [1.165, 1.54) is 0 Å². The fourth-order valence-electron chi connectivity index (χ4n) is 0. The van der Waals surface area contributed by atoms with Gasteiger partial charge in [-0.05, 0) is 0 Å². The van der Waals surface area contributed by atoms with Gasteiger partial charge in [0.2, 0.25) is 0 Å². The van der Waals surface area contributed by atoms with Crippen LogP contribution in [0, 0.1) is 0 Å². The van der Waals surface area contributed by atoms with Gasteiger partial charge in [0.25, 0.3) is 0 Å². The molecule has 0 aromatic rings. The zero-order chi connectivity index (χ0) is 0. The first-order chi connectivity index (χ1) is 0. The fraction of sp³-hybridized carbons (Fsp3) is 0. The number of halogens is 10. The Morgan fingerprint density at radius 2 is 0.381 bits per heavy atom. The van der Waals surface area contributed by atoms with Crippen LogP contribution in [0.4, 0.5) is 0 Å². The number of rotatable bonds is 0. The first-order valence-corrected chi connectivity index (χ1v) is 0. The first-order valence-electron chi connectivity index (χ1n) is 0. The minimum atomic E-state index is 0. The first kappa shape index (κ1) is 199. The fourth-order valence-corrected chi connectivity index (χ4v) is 0. The molecule has 0 rings (SSSR count). The molecular formula is H32Ba2Be3Br4Ca3Cl3I3Mg3. The van der Waals surface area contributed by atoms with Crippen molar-refractivity contribution in [1.29, 1.82) is 0 Å². The third kappa shape index (κ3) is 172. The Kier molecular flexibility index (Phi) is 1730. The van der Waals surface area contributed by atoms with Crippen LogP contribution in [0.2, 0.25) is 0 Å². The standard InChI is InChI=1S/2Ba.3Be.4BrH.3Ca.3ClH.3HI.3Mg.22H/h;;;;;4*1H;;;;6*1H;;;;;;;;;;;;;;;;;;;;;;;;;/q5*+2;;;;;3*+2;;;;;;;3*+2;22*-1. The van der Waals surface area contributed by atoms with E-state index >= 15 is 0 Å². The molecule has 0 saturated heterocycles. The second-order valence-corrected chi connectivity index (χ2v) is 0. The second-order valence-electron chi connectivity index (χ2n) is 0. The molecular weight excluding hydrogens is 1300 g/mol. The Morgan fingerprint density at radius 3 is 0.381 bits per heavy atom. The summed E-state index contributed by atoms with van der Waals surface area (Å²) >= 11 is 0. The summed E-state index contributed by atoms with van der Waals surface area (Å²) in [7, 11) is 0. The van der Waals surface area contributed by atoms with Gasteiger partial charge in [0.1, 0.15) is 0 Å². The van der Waals surface area contributed by atoms with Crippen molar-refractivity contribution in [3.8, 4) is 0 Å². The van der Waals surface area contributed by atoms with E-state index in [9.17, 15) is 0 Å². The van der Waals surface area contributed by atoms with E-state index in [-0.39, 0.29) is 519 Å². The smallest absolute Gasteiger partial charge is 1.00 e. The van der Waals surface area contributed by atoms with Crippen LogP contribution in [0.5, 0.6) is 0 Å². The molecule has 21 heteroatoms. The molecule has 0 aliphatic carbocycles. The van der Waals surface area contributed by atoms with Crippen LogP contribution in [0.3, 0.4) is 0 Å². The summed E-state index contributed by atoms with van der Waals surface area (Å²) in [6, 6.07) is 0. The van der Waals surface area contributed by atoms with Gasteiger partial charge in [-0.15, -0.1) is 177 Å². The van der Waals surface area contributed by atoms with Crippen LogP contribution in [0.1, 0.15) is 31.4 Å². The molecule has 0 saturated carbocycles. The minimum absolute atomic E-state index is 0. The van der Waals surface area contributed by atoms with Crippen molar-refractivity contribution in [3.05, 3.63) is 0 Å². The molecule has 0 aromatic heterocycles. The van der Waals surface area contributed by atoms with Crippen LogP contribution in [0.25, 0.3) is 0 Å². The van der Waals surface area contributed by atoms with Crippen molar-refractivity contribution in [3.63, 3.8) is 0 Å². The minimum Gasteiger partial charge on any atom is -1.00 e. The van der Waals surface area contributed by atoms with E-state index in [1.54, 1.807) is 0 Å². The molecule has 0 radical (unpaired) electrons. The summed E-state index contributed by atoms with van der Waals surface area (Å²) in [4.78, 5) is 0. The van der Waals surface area contributed by atoms with Crippen LogP contribution in [-0.2, 0) is 0 Å². The molecule has 0 heterocycles. The van der Waals surface area contributed by atoms with Crippen molar-refractivity contribution in [2.24, 2.45) is 0 Å². The van der Waals surface area contributed by atoms with Crippen LogP contribution in [-0.4, -0.2) is 310 Å². The maximum atomic E-state index is 0. The molecule has 0 aliphatic rings. The van der Waals surface area contributed by atoms with Gasteiger partial charge in [0.05, 0.1) is 0 Å². The van der Waals surface area contributed by atoms with Gasteiger partial charge in [-0.1, -0.05) is 0 Å². The maximum Gasteiger partial charge on any atom is 2.00 e. The van der Waals surface area contributed by atoms with E-state index in [4.69, 9.17) is 0 Å². The van der Waals surface area contributed by atoms with E-state index in [1.807, 2.05) is 0 Å². The Hall–Kier alpha value is 14.7.